The Labute approximate surface area is 106 Å². The molecule has 0 radical (unpaired) electrons. The zero-order valence-corrected chi connectivity index (χ0v) is 10.6. The Morgan fingerprint density at radius 2 is 1.83 bits per heavy atom. The van der Waals surface area contributed by atoms with Crippen LogP contribution < -0.4 is 0 Å². The van der Waals surface area contributed by atoms with E-state index in [2.05, 4.69) is 9.47 Å². The van der Waals surface area contributed by atoms with Crippen molar-refractivity contribution in [3.05, 3.63) is 24.3 Å². The summed E-state index contributed by atoms with van der Waals surface area (Å²) in [5, 5.41) is 10.4. The van der Waals surface area contributed by atoms with Gasteiger partial charge >= 0.3 is 11.9 Å². The molecule has 0 heterocycles. The third-order valence-corrected chi connectivity index (χ3v) is 3.11. The van der Waals surface area contributed by atoms with Crippen LogP contribution in [0.5, 0.6) is 0 Å². The molecule has 1 saturated carbocycles. The Bertz CT molecular complexity index is 372. The number of aliphatic hydroxyl groups is 1. The van der Waals surface area contributed by atoms with Gasteiger partial charge in [0.05, 0.1) is 19.8 Å². The fourth-order valence-corrected chi connectivity index (χ4v) is 2.05. The molecule has 0 aromatic rings. The van der Waals surface area contributed by atoms with Crippen molar-refractivity contribution in [2.75, 3.05) is 14.2 Å². The summed E-state index contributed by atoms with van der Waals surface area (Å²) >= 11 is 0. The molecule has 5 heteroatoms. The maximum Gasteiger partial charge on any atom is 0.330 e. The topological polar surface area (TPSA) is 72.8 Å². The third kappa shape index (κ3) is 3.70. The van der Waals surface area contributed by atoms with Crippen LogP contribution in [0.3, 0.4) is 0 Å². The average molecular weight is 254 g/mol. The maximum atomic E-state index is 11.0. The number of carbonyl (C=O) groups is 2. The predicted molar refractivity (Wildman–Crippen MR) is 64.6 cm³/mol. The molecule has 0 saturated heterocycles. The first-order valence-corrected chi connectivity index (χ1v) is 5.77. The van der Waals surface area contributed by atoms with Gasteiger partial charge in [-0.25, -0.2) is 9.59 Å². The summed E-state index contributed by atoms with van der Waals surface area (Å²) in [7, 11) is 2.57. The number of carbonyl (C=O) groups excluding carboxylic acids is 2. The molecule has 0 spiro atoms. The van der Waals surface area contributed by atoms with E-state index >= 15 is 0 Å². The van der Waals surface area contributed by atoms with Gasteiger partial charge in [-0.3, -0.25) is 0 Å². The number of hydrogen-bond donors (Lipinski definition) is 1. The van der Waals surface area contributed by atoms with Crippen LogP contribution in [-0.4, -0.2) is 36.9 Å². The first-order valence-electron chi connectivity index (χ1n) is 5.77. The molecule has 0 aromatic heterocycles. The van der Waals surface area contributed by atoms with E-state index in [1.807, 2.05) is 0 Å². The Hall–Kier alpha value is -1.62. The number of methoxy groups -OCH3 is 2. The normalized spacial score (nSPS) is 27.8. The molecule has 18 heavy (non-hydrogen) atoms. The van der Waals surface area contributed by atoms with Crippen LogP contribution in [0, 0.1) is 5.92 Å². The van der Waals surface area contributed by atoms with Crippen molar-refractivity contribution in [2.45, 2.75) is 24.9 Å². The van der Waals surface area contributed by atoms with E-state index in [0.717, 1.165) is 12.8 Å². The lowest BCUT2D eigenvalue weighted by Crippen LogP contribution is -2.29. The number of ether oxygens (including phenoxy) is 2. The van der Waals surface area contributed by atoms with Crippen LogP contribution in [0.15, 0.2) is 24.3 Å². The van der Waals surface area contributed by atoms with Crippen LogP contribution in [0.25, 0.3) is 0 Å². The molecule has 0 aliphatic heterocycles. The van der Waals surface area contributed by atoms with Gasteiger partial charge in [0.15, 0.2) is 0 Å². The summed E-state index contributed by atoms with van der Waals surface area (Å²) in [6.45, 7) is 0. The quantitative estimate of drug-likeness (QED) is 0.598. The van der Waals surface area contributed by atoms with Crippen molar-refractivity contribution in [2.24, 2.45) is 5.92 Å². The van der Waals surface area contributed by atoms with Gasteiger partial charge < -0.3 is 14.6 Å². The lowest BCUT2D eigenvalue weighted by Gasteiger charge is -2.24. The minimum absolute atomic E-state index is 0.197. The zero-order chi connectivity index (χ0) is 13.6. The Morgan fingerprint density at radius 3 is 2.44 bits per heavy atom. The highest BCUT2D eigenvalue weighted by atomic mass is 16.5. The maximum absolute atomic E-state index is 11.0. The first kappa shape index (κ1) is 14.4. The number of rotatable bonds is 4. The van der Waals surface area contributed by atoms with Crippen molar-refractivity contribution in [3.8, 4) is 0 Å². The molecule has 0 aromatic carbocycles. The molecule has 1 N–H and O–H groups in total. The number of hydrogen-bond acceptors (Lipinski definition) is 5. The smallest absolute Gasteiger partial charge is 0.330 e. The SMILES string of the molecule is COC(=O)/C=C/[C@H]1CCC[C@]1(O)/C=C/C(=O)OC. The van der Waals surface area contributed by atoms with Crippen molar-refractivity contribution >= 4 is 11.9 Å². The van der Waals surface area contributed by atoms with E-state index in [9.17, 15) is 14.7 Å². The van der Waals surface area contributed by atoms with Gasteiger partial charge in [0.1, 0.15) is 0 Å². The molecule has 0 bridgehead atoms. The van der Waals surface area contributed by atoms with Crippen molar-refractivity contribution in [1.29, 1.82) is 0 Å². The molecule has 1 aliphatic rings. The molecular weight excluding hydrogens is 236 g/mol. The Kier molecular flexibility index (Phi) is 5.09. The largest absolute Gasteiger partial charge is 0.466 e. The second kappa shape index (κ2) is 6.35. The monoisotopic (exact) mass is 254 g/mol. The van der Waals surface area contributed by atoms with Crippen LogP contribution in [0.2, 0.25) is 0 Å². The van der Waals surface area contributed by atoms with E-state index in [1.54, 1.807) is 6.08 Å². The van der Waals surface area contributed by atoms with Gasteiger partial charge in [-0.05, 0) is 25.3 Å². The summed E-state index contributed by atoms with van der Waals surface area (Å²) in [6, 6.07) is 0. The third-order valence-electron chi connectivity index (χ3n) is 3.11. The predicted octanol–water partition coefficient (Wildman–Crippen LogP) is 0.976. The minimum Gasteiger partial charge on any atom is -0.466 e. The van der Waals surface area contributed by atoms with Gasteiger partial charge in [0, 0.05) is 18.1 Å². The molecule has 0 amide bonds. The lowest BCUT2D eigenvalue weighted by molar-refractivity contribution is -0.135. The molecule has 5 nitrogen and oxygen atoms in total. The Morgan fingerprint density at radius 1 is 1.22 bits per heavy atom. The molecular formula is C13H18O5. The fraction of sp³-hybridized carbons (Fsp3) is 0.538. The van der Waals surface area contributed by atoms with E-state index < -0.39 is 17.5 Å². The fourth-order valence-electron chi connectivity index (χ4n) is 2.05. The van der Waals surface area contributed by atoms with Crippen molar-refractivity contribution in [1.82, 2.24) is 0 Å². The molecule has 1 fully saturated rings. The van der Waals surface area contributed by atoms with Crippen molar-refractivity contribution in [3.63, 3.8) is 0 Å². The highest BCUT2D eigenvalue weighted by Crippen LogP contribution is 2.37. The summed E-state index contributed by atoms with van der Waals surface area (Å²) in [6.07, 6.45) is 7.72. The van der Waals surface area contributed by atoms with Crippen LogP contribution in [0.4, 0.5) is 0 Å². The van der Waals surface area contributed by atoms with E-state index in [1.165, 1.54) is 32.4 Å². The zero-order valence-electron chi connectivity index (χ0n) is 10.6. The molecule has 2 atom stereocenters. The van der Waals surface area contributed by atoms with Crippen LogP contribution >= 0.6 is 0 Å². The molecule has 100 valence electrons. The summed E-state index contributed by atoms with van der Waals surface area (Å²) < 4.78 is 8.97. The second-order valence-electron chi connectivity index (χ2n) is 4.23. The second-order valence-corrected chi connectivity index (χ2v) is 4.23. The number of esters is 2. The van der Waals surface area contributed by atoms with Crippen molar-refractivity contribution < 1.29 is 24.2 Å². The van der Waals surface area contributed by atoms with Gasteiger partial charge in [0.2, 0.25) is 0 Å². The highest BCUT2D eigenvalue weighted by Gasteiger charge is 2.37. The van der Waals surface area contributed by atoms with E-state index in [0.29, 0.717) is 6.42 Å². The van der Waals surface area contributed by atoms with Gasteiger partial charge in [-0.2, -0.15) is 0 Å². The Balaban J connectivity index is 2.73. The van der Waals surface area contributed by atoms with E-state index in [4.69, 9.17) is 0 Å². The highest BCUT2D eigenvalue weighted by molar-refractivity contribution is 5.82. The summed E-state index contributed by atoms with van der Waals surface area (Å²) in [5.74, 6) is -1.16. The standard InChI is InChI=1S/C13H18O5/c1-17-11(14)6-5-10-4-3-8-13(10,16)9-7-12(15)18-2/h5-7,9-10,16H,3-4,8H2,1-2H3/b6-5+,9-7+/t10-,13+/m1/s1. The van der Waals surface area contributed by atoms with Gasteiger partial charge in [0.25, 0.3) is 0 Å². The van der Waals surface area contributed by atoms with Gasteiger partial charge in [-0.15, -0.1) is 0 Å². The average Bonchev–Trinajstić information content (AvgIpc) is 2.74. The molecule has 1 rings (SSSR count). The molecule has 1 aliphatic carbocycles. The van der Waals surface area contributed by atoms with Gasteiger partial charge in [-0.1, -0.05) is 6.08 Å². The van der Waals surface area contributed by atoms with Crippen LogP contribution in [0.1, 0.15) is 19.3 Å². The van der Waals surface area contributed by atoms with Crippen LogP contribution in [-0.2, 0) is 19.1 Å². The lowest BCUT2D eigenvalue weighted by atomic mass is 9.90. The summed E-state index contributed by atoms with van der Waals surface area (Å²) in [5.41, 5.74) is -1.10. The molecule has 0 unspecified atom stereocenters. The van der Waals surface area contributed by atoms with E-state index in [-0.39, 0.29) is 5.92 Å². The minimum atomic E-state index is -1.10. The summed E-state index contributed by atoms with van der Waals surface area (Å²) in [4.78, 5) is 22.0. The first-order chi connectivity index (χ1) is 8.51.